The lowest BCUT2D eigenvalue weighted by Crippen LogP contribution is -2.14. The number of rotatable bonds is 4. The van der Waals surface area contributed by atoms with Crippen molar-refractivity contribution in [3.8, 4) is 6.07 Å². The minimum absolute atomic E-state index is 0.0551. The Morgan fingerprint density at radius 1 is 1.35 bits per heavy atom. The summed E-state index contributed by atoms with van der Waals surface area (Å²) < 4.78 is 13.3. The number of nitrogens with one attached hydrogen (secondary N) is 2. The summed E-state index contributed by atoms with van der Waals surface area (Å²) in [7, 11) is 0. The Morgan fingerprint density at radius 3 is 2.65 bits per heavy atom. The van der Waals surface area contributed by atoms with Crippen molar-refractivity contribution in [3.63, 3.8) is 0 Å². The molecule has 1 amide bonds. The normalized spacial score (nSPS) is 10.0. The maximum atomic E-state index is 13.3. The molecule has 2 N–H and O–H groups in total. The van der Waals surface area contributed by atoms with E-state index in [2.05, 4.69) is 10.3 Å². The monoisotopic (exact) mass is 313 g/mol. The minimum atomic E-state index is -0.752. The first-order valence-electron chi connectivity index (χ1n) is 6.58. The van der Waals surface area contributed by atoms with Gasteiger partial charge in [-0.3, -0.25) is 14.4 Å². The molecule has 0 atom stereocenters. The summed E-state index contributed by atoms with van der Waals surface area (Å²) in [5.74, 6) is -1.96. The van der Waals surface area contributed by atoms with Crippen molar-refractivity contribution in [2.75, 3.05) is 5.32 Å². The number of hydrogen-bond donors (Lipinski definition) is 2. The summed E-state index contributed by atoms with van der Waals surface area (Å²) in [4.78, 5) is 37.2. The van der Waals surface area contributed by atoms with Gasteiger partial charge in [0.05, 0.1) is 16.8 Å². The fraction of sp³-hybridized carbons (Fsp3) is 0.125. The van der Waals surface area contributed by atoms with Gasteiger partial charge < -0.3 is 10.3 Å². The number of aldehydes is 1. The number of hydrogen-bond acceptors (Lipinski definition) is 4. The molecule has 6 nitrogen and oxygen atoms in total. The number of aryl methyl sites for hydroxylation is 1. The van der Waals surface area contributed by atoms with Crippen LogP contribution in [0.3, 0.4) is 0 Å². The predicted octanol–water partition coefficient (Wildman–Crippen LogP) is 2.28. The lowest BCUT2D eigenvalue weighted by molar-refractivity contribution is -0.104. The fourth-order valence-electron chi connectivity index (χ4n) is 2.28. The number of ketones is 1. The van der Waals surface area contributed by atoms with E-state index in [1.54, 1.807) is 19.9 Å². The lowest BCUT2D eigenvalue weighted by Gasteiger charge is -2.07. The number of aromatic amines is 1. The number of benzene rings is 1. The zero-order valence-corrected chi connectivity index (χ0v) is 12.4. The van der Waals surface area contributed by atoms with Crippen LogP contribution in [0.15, 0.2) is 18.2 Å². The zero-order chi connectivity index (χ0) is 17.1. The van der Waals surface area contributed by atoms with Crippen LogP contribution in [0.1, 0.15) is 37.7 Å². The molecular formula is C16H12FN3O3. The highest BCUT2D eigenvalue weighted by molar-refractivity contribution is 6.33. The summed E-state index contributed by atoms with van der Waals surface area (Å²) in [6.45, 7) is 3.13. The van der Waals surface area contributed by atoms with Gasteiger partial charge in [-0.1, -0.05) is 0 Å². The number of Topliss-reactive ketones (excluding diaryl/α,β-unsaturated/α-hetero) is 1. The molecule has 0 saturated carbocycles. The average molecular weight is 313 g/mol. The molecule has 1 heterocycles. The second-order valence-corrected chi connectivity index (χ2v) is 4.87. The second-order valence-electron chi connectivity index (χ2n) is 4.87. The number of aromatic nitrogens is 1. The number of anilines is 1. The highest BCUT2D eigenvalue weighted by Crippen LogP contribution is 2.21. The van der Waals surface area contributed by atoms with E-state index in [0.29, 0.717) is 11.3 Å². The maximum Gasteiger partial charge on any atom is 0.257 e. The van der Waals surface area contributed by atoms with E-state index < -0.39 is 17.5 Å². The molecule has 0 aliphatic rings. The Kier molecular flexibility index (Phi) is 4.37. The summed E-state index contributed by atoms with van der Waals surface area (Å²) in [6, 6.07) is 5.29. The molecule has 0 bridgehead atoms. The van der Waals surface area contributed by atoms with Gasteiger partial charge in [0.15, 0.2) is 6.29 Å². The van der Waals surface area contributed by atoms with Gasteiger partial charge in [-0.05, 0) is 37.6 Å². The molecule has 0 spiro atoms. The number of nitriles is 1. The molecule has 0 aliphatic carbocycles. The topological polar surface area (TPSA) is 103 Å². The molecule has 23 heavy (non-hydrogen) atoms. The van der Waals surface area contributed by atoms with E-state index in [1.165, 1.54) is 12.1 Å². The summed E-state index contributed by atoms with van der Waals surface area (Å²) in [5, 5.41) is 11.3. The molecule has 1 aromatic heterocycles. The standard InChI is InChI=1S/C16H12FN3O3/c1-8-14(9(2)19-15(8)13(22)7-21)16(23)20-11-3-4-12(17)10(5-11)6-18/h3-5,7,19H,1-2H3,(H,20,23). The Bertz CT molecular complexity index is 862. The van der Waals surface area contributed by atoms with E-state index in [9.17, 15) is 18.8 Å². The van der Waals surface area contributed by atoms with Crippen LogP contribution < -0.4 is 5.32 Å². The van der Waals surface area contributed by atoms with E-state index >= 15 is 0 Å². The van der Waals surface area contributed by atoms with Crippen LogP contribution in [0.25, 0.3) is 0 Å². The molecule has 1 aromatic carbocycles. The quantitative estimate of drug-likeness (QED) is 0.513. The molecule has 2 aromatic rings. The molecule has 116 valence electrons. The lowest BCUT2D eigenvalue weighted by atomic mass is 10.1. The third kappa shape index (κ3) is 3.01. The smallest absolute Gasteiger partial charge is 0.257 e. The Labute approximate surface area is 130 Å². The Morgan fingerprint density at radius 2 is 2.04 bits per heavy atom. The first-order valence-corrected chi connectivity index (χ1v) is 6.58. The van der Waals surface area contributed by atoms with Crippen LogP contribution in [-0.4, -0.2) is 23.0 Å². The van der Waals surface area contributed by atoms with Gasteiger partial charge in [0.25, 0.3) is 5.91 Å². The molecular weight excluding hydrogens is 301 g/mol. The molecule has 0 radical (unpaired) electrons. The van der Waals surface area contributed by atoms with Gasteiger partial charge in [-0.2, -0.15) is 5.26 Å². The fourth-order valence-corrected chi connectivity index (χ4v) is 2.28. The van der Waals surface area contributed by atoms with Crippen LogP contribution >= 0.6 is 0 Å². The van der Waals surface area contributed by atoms with E-state index in [0.717, 1.165) is 6.07 Å². The Hall–Kier alpha value is -3.27. The number of carbonyl (C=O) groups excluding carboxylic acids is 3. The number of halogens is 1. The van der Waals surface area contributed by atoms with Crippen LogP contribution in [0.4, 0.5) is 10.1 Å². The second kappa shape index (κ2) is 6.23. The van der Waals surface area contributed by atoms with Crippen molar-refractivity contribution in [1.29, 1.82) is 5.26 Å². The van der Waals surface area contributed by atoms with Crippen molar-refractivity contribution in [3.05, 3.63) is 52.1 Å². The highest BCUT2D eigenvalue weighted by Gasteiger charge is 2.21. The molecule has 2 rings (SSSR count). The maximum absolute atomic E-state index is 13.3. The summed E-state index contributed by atoms with van der Waals surface area (Å²) >= 11 is 0. The molecule has 7 heteroatoms. The van der Waals surface area contributed by atoms with E-state index in [-0.39, 0.29) is 28.8 Å². The summed E-state index contributed by atoms with van der Waals surface area (Å²) in [5.41, 5.74) is 1.10. The third-order valence-electron chi connectivity index (χ3n) is 3.36. The van der Waals surface area contributed by atoms with E-state index in [4.69, 9.17) is 5.26 Å². The molecule has 0 unspecified atom stereocenters. The first-order chi connectivity index (χ1) is 10.9. The zero-order valence-electron chi connectivity index (χ0n) is 12.4. The van der Waals surface area contributed by atoms with E-state index in [1.807, 2.05) is 0 Å². The first kappa shape index (κ1) is 16.1. The van der Waals surface area contributed by atoms with Gasteiger partial charge >= 0.3 is 0 Å². The Balaban J connectivity index is 2.35. The van der Waals surface area contributed by atoms with Gasteiger partial charge in [0, 0.05) is 11.4 Å². The molecule has 0 aliphatic heterocycles. The third-order valence-corrected chi connectivity index (χ3v) is 3.36. The van der Waals surface area contributed by atoms with Gasteiger partial charge in [0.2, 0.25) is 5.78 Å². The van der Waals surface area contributed by atoms with Crippen LogP contribution in [0, 0.1) is 31.0 Å². The van der Waals surface area contributed by atoms with Gasteiger partial charge in [-0.25, -0.2) is 4.39 Å². The minimum Gasteiger partial charge on any atom is -0.355 e. The predicted molar refractivity (Wildman–Crippen MR) is 79.7 cm³/mol. The summed E-state index contributed by atoms with van der Waals surface area (Å²) in [6.07, 6.45) is 0.166. The van der Waals surface area contributed by atoms with Crippen molar-refractivity contribution >= 4 is 23.7 Å². The van der Waals surface area contributed by atoms with Gasteiger partial charge in [0.1, 0.15) is 11.9 Å². The van der Waals surface area contributed by atoms with Crippen molar-refractivity contribution in [1.82, 2.24) is 4.98 Å². The van der Waals surface area contributed by atoms with Crippen molar-refractivity contribution in [2.45, 2.75) is 13.8 Å². The largest absolute Gasteiger partial charge is 0.355 e. The van der Waals surface area contributed by atoms with Crippen LogP contribution in [-0.2, 0) is 4.79 Å². The average Bonchev–Trinajstić information content (AvgIpc) is 2.83. The molecule has 0 fully saturated rings. The molecule has 0 saturated heterocycles. The highest BCUT2D eigenvalue weighted by atomic mass is 19.1. The SMILES string of the molecule is Cc1[nH]c(C(=O)C=O)c(C)c1C(=O)Nc1ccc(F)c(C#N)c1. The number of carbonyl (C=O) groups is 3. The van der Waals surface area contributed by atoms with Crippen molar-refractivity contribution in [2.24, 2.45) is 0 Å². The van der Waals surface area contributed by atoms with Crippen molar-refractivity contribution < 1.29 is 18.8 Å². The van der Waals surface area contributed by atoms with Gasteiger partial charge in [-0.15, -0.1) is 0 Å². The number of H-pyrrole nitrogens is 1. The van der Waals surface area contributed by atoms with Crippen LogP contribution in [0.5, 0.6) is 0 Å². The number of nitrogens with zero attached hydrogens (tertiary/aromatic N) is 1. The van der Waals surface area contributed by atoms with Crippen LogP contribution in [0.2, 0.25) is 0 Å². The number of amides is 1.